The van der Waals surface area contributed by atoms with Crippen molar-refractivity contribution in [2.24, 2.45) is 5.92 Å². The summed E-state index contributed by atoms with van der Waals surface area (Å²) in [6.07, 6.45) is 1.68. The molecule has 14 heavy (non-hydrogen) atoms. The normalized spacial score (nSPS) is 12.5. The van der Waals surface area contributed by atoms with Gasteiger partial charge in [-0.2, -0.15) is 5.10 Å². The molecule has 1 atom stereocenters. The lowest BCUT2D eigenvalue weighted by Crippen LogP contribution is -2.28. The molecule has 5 nitrogen and oxygen atoms in total. The quantitative estimate of drug-likeness (QED) is 0.657. The van der Waals surface area contributed by atoms with Crippen LogP contribution in [-0.2, 0) is 4.79 Å². The Kier molecular flexibility index (Phi) is 3.64. The molecule has 1 aromatic heterocycles. The van der Waals surface area contributed by atoms with Gasteiger partial charge in [0.05, 0.1) is 6.20 Å². The van der Waals surface area contributed by atoms with Gasteiger partial charge in [0.1, 0.15) is 5.82 Å². The number of carbonyl (C=O) groups excluding carboxylic acids is 1. The second-order valence-corrected chi connectivity index (χ2v) is 3.38. The molecule has 0 bridgehead atoms. The number of hydrogen-bond donors (Lipinski definition) is 3. The van der Waals surface area contributed by atoms with Gasteiger partial charge in [0.15, 0.2) is 0 Å². The largest absolute Gasteiger partial charge is 0.319 e. The molecule has 3 N–H and O–H groups in total. The van der Waals surface area contributed by atoms with Crippen LogP contribution >= 0.6 is 0 Å². The highest BCUT2D eigenvalue weighted by atomic mass is 16.1. The van der Waals surface area contributed by atoms with Crippen LogP contribution in [0.15, 0.2) is 6.20 Å². The van der Waals surface area contributed by atoms with E-state index in [1.54, 1.807) is 6.20 Å². The van der Waals surface area contributed by atoms with E-state index in [4.69, 9.17) is 0 Å². The number of nitrogens with zero attached hydrogens (tertiary/aromatic N) is 1. The van der Waals surface area contributed by atoms with E-state index >= 15 is 0 Å². The zero-order valence-corrected chi connectivity index (χ0v) is 8.72. The Morgan fingerprint density at radius 3 is 2.93 bits per heavy atom. The first-order valence-electron chi connectivity index (χ1n) is 4.60. The Morgan fingerprint density at radius 2 is 2.43 bits per heavy atom. The topological polar surface area (TPSA) is 69.8 Å². The van der Waals surface area contributed by atoms with Gasteiger partial charge in [-0.1, -0.05) is 6.92 Å². The summed E-state index contributed by atoms with van der Waals surface area (Å²) in [4.78, 5) is 11.6. The monoisotopic (exact) mass is 196 g/mol. The molecule has 1 heterocycles. The Bertz CT molecular complexity index is 308. The van der Waals surface area contributed by atoms with Crippen molar-refractivity contribution in [3.63, 3.8) is 0 Å². The number of H-pyrrole nitrogens is 1. The Morgan fingerprint density at radius 1 is 1.71 bits per heavy atom. The summed E-state index contributed by atoms with van der Waals surface area (Å²) in [5.74, 6) is 0.618. The number of nitrogens with one attached hydrogen (secondary N) is 3. The molecule has 78 valence electrons. The fourth-order valence-corrected chi connectivity index (χ4v) is 1.12. The molecule has 0 aliphatic rings. The van der Waals surface area contributed by atoms with Gasteiger partial charge in [-0.05, 0) is 14.0 Å². The lowest BCUT2D eigenvalue weighted by atomic mass is 10.1. The average molecular weight is 196 g/mol. The second-order valence-electron chi connectivity index (χ2n) is 3.38. The van der Waals surface area contributed by atoms with Crippen molar-refractivity contribution in [3.05, 3.63) is 11.8 Å². The zero-order chi connectivity index (χ0) is 10.6. The molecule has 0 aromatic carbocycles. The first-order chi connectivity index (χ1) is 6.65. The summed E-state index contributed by atoms with van der Waals surface area (Å²) < 4.78 is 0. The van der Waals surface area contributed by atoms with Gasteiger partial charge in [-0.15, -0.1) is 0 Å². The summed E-state index contributed by atoms with van der Waals surface area (Å²) in [6.45, 7) is 4.43. The van der Waals surface area contributed by atoms with E-state index in [9.17, 15) is 4.79 Å². The van der Waals surface area contributed by atoms with E-state index in [1.165, 1.54) is 0 Å². The van der Waals surface area contributed by atoms with Gasteiger partial charge in [0.25, 0.3) is 0 Å². The van der Waals surface area contributed by atoms with Crippen LogP contribution in [0, 0.1) is 12.8 Å². The van der Waals surface area contributed by atoms with Crippen molar-refractivity contribution in [3.8, 4) is 0 Å². The minimum atomic E-state index is -0.0531. The van der Waals surface area contributed by atoms with Gasteiger partial charge < -0.3 is 10.6 Å². The number of rotatable bonds is 4. The molecule has 1 aromatic rings. The van der Waals surface area contributed by atoms with Crippen LogP contribution in [0.4, 0.5) is 5.82 Å². The maximum absolute atomic E-state index is 11.6. The molecular formula is C9H16N4O. The average Bonchev–Trinajstić information content (AvgIpc) is 2.52. The van der Waals surface area contributed by atoms with E-state index in [2.05, 4.69) is 20.8 Å². The molecule has 0 saturated carbocycles. The third-order valence-electron chi connectivity index (χ3n) is 2.03. The van der Waals surface area contributed by atoms with Crippen LogP contribution in [-0.4, -0.2) is 29.7 Å². The van der Waals surface area contributed by atoms with E-state index in [0.717, 1.165) is 5.56 Å². The molecular weight excluding hydrogens is 180 g/mol. The smallest absolute Gasteiger partial charge is 0.229 e. The summed E-state index contributed by atoms with van der Waals surface area (Å²) in [6, 6.07) is 0. The van der Waals surface area contributed by atoms with Crippen LogP contribution in [0.1, 0.15) is 12.5 Å². The number of hydrogen-bond acceptors (Lipinski definition) is 3. The lowest BCUT2D eigenvalue weighted by Gasteiger charge is -2.10. The SMILES string of the molecule is CNCC(C)C(=O)Nc1[nH]ncc1C. The van der Waals surface area contributed by atoms with Gasteiger partial charge in [-0.3, -0.25) is 9.89 Å². The minimum absolute atomic E-state index is 0.00769. The fraction of sp³-hybridized carbons (Fsp3) is 0.556. The molecule has 1 unspecified atom stereocenters. The van der Waals surface area contributed by atoms with Crippen LogP contribution < -0.4 is 10.6 Å². The number of carbonyl (C=O) groups is 1. The number of aryl methyl sites for hydroxylation is 1. The molecule has 5 heteroatoms. The Hall–Kier alpha value is -1.36. The van der Waals surface area contributed by atoms with Crippen molar-refractivity contribution >= 4 is 11.7 Å². The highest BCUT2D eigenvalue weighted by Crippen LogP contribution is 2.09. The maximum Gasteiger partial charge on any atom is 0.229 e. The number of aromatic nitrogens is 2. The minimum Gasteiger partial charge on any atom is -0.319 e. The Labute approximate surface area is 83.3 Å². The first-order valence-corrected chi connectivity index (χ1v) is 4.60. The van der Waals surface area contributed by atoms with Gasteiger partial charge >= 0.3 is 0 Å². The van der Waals surface area contributed by atoms with E-state index in [-0.39, 0.29) is 11.8 Å². The molecule has 1 amide bonds. The highest BCUT2D eigenvalue weighted by Gasteiger charge is 2.13. The standard InChI is InChI=1S/C9H16N4O/c1-6-5-11-13-8(6)12-9(14)7(2)4-10-3/h5,7,10H,4H2,1-3H3,(H2,11,12,13,14). The Balaban J connectivity index is 2.53. The van der Waals surface area contributed by atoms with Crippen molar-refractivity contribution in [2.45, 2.75) is 13.8 Å². The zero-order valence-electron chi connectivity index (χ0n) is 8.72. The predicted molar refractivity (Wildman–Crippen MR) is 55.0 cm³/mol. The molecule has 0 saturated heterocycles. The second kappa shape index (κ2) is 4.76. The van der Waals surface area contributed by atoms with Crippen LogP contribution in [0.5, 0.6) is 0 Å². The predicted octanol–water partition coefficient (Wildman–Crippen LogP) is 0.512. The van der Waals surface area contributed by atoms with Gasteiger partial charge in [0, 0.05) is 18.0 Å². The van der Waals surface area contributed by atoms with Crippen LogP contribution in [0.25, 0.3) is 0 Å². The molecule has 0 radical (unpaired) electrons. The van der Waals surface area contributed by atoms with Crippen molar-refractivity contribution in [1.82, 2.24) is 15.5 Å². The summed E-state index contributed by atoms with van der Waals surface area (Å²) in [7, 11) is 1.82. The molecule has 1 rings (SSSR count). The van der Waals surface area contributed by atoms with Crippen LogP contribution in [0.3, 0.4) is 0 Å². The van der Waals surface area contributed by atoms with Crippen molar-refractivity contribution in [2.75, 3.05) is 18.9 Å². The highest BCUT2D eigenvalue weighted by molar-refractivity contribution is 5.92. The van der Waals surface area contributed by atoms with E-state index in [1.807, 2.05) is 20.9 Å². The fourth-order valence-electron chi connectivity index (χ4n) is 1.12. The summed E-state index contributed by atoms with van der Waals surface area (Å²) in [5.41, 5.74) is 0.940. The molecule has 0 spiro atoms. The van der Waals surface area contributed by atoms with Gasteiger partial charge in [-0.25, -0.2) is 0 Å². The van der Waals surface area contributed by atoms with E-state index < -0.39 is 0 Å². The first kappa shape index (κ1) is 10.7. The third-order valence-corrected chi connectivity index (χ3v) is 2.03. The number of aromatic amines is 1. The van der Waals surface area contributed by atoms with E-state index in [0.29, 0.717) is 12.4 Å². The molecule has 0 aliphatic carbocycles. The van der Waals surface area contributed by atoms with Crippen LogP contribution in [0.2, 0.25) is 0 Å². The molecule has 0 fully saturated rings. The lowest BCUT2D eigenvalue weighted by molar-refractivity contribution is -0.119. The summed E-state index contributed by atoms with van der Waals surface area (Å²) in [5, 5.41) is 12.3. The summed E-state index contributed by atoms with van der Waals surface area (Å²) >= 11 is 0. The van der Waals surface area contributed by atoms with Gasteiger partial charge in [0.2, 0.25) is 5.91 Å². The molecule has 0 aliphatic heterocycles. The number of amides is 1. The number of anilines is 1. The maximum atomic E-state index is 11.6. The van der Waals surface area contributed by atoms with Crippen molar-refractivity contribution < 1.29 is 4.79 Å². The third kappa shape index (κ3) is 2.56. The van der Waals surface area contributed by atoms with Crippen molar-refractivity contribution in [1.29, 1.82) is 0 Å².